The molecule has 0 bridgehead atoms. The molecule has 0 aliphatic rings. The Morgan fingerprint density at radius 2 is 1.95 bits per heavy atom. The van der Waals surface area contributed by atoms with E-state index >= 15 is 0 Å². The number of nitrogens with two attached hydrogens (primary N) is 1. The number of halogens is 2. The highest BCUT2D eigenvalue weighted by Gasteiger charge is 2.22. The number of hydrogen-bond donors (Lipinski definition) is 1. The van der Waals surface area contributed by atoms with E-state index in [-0.39, 0.29) is 5.82 Å². The minimum atomic E-state index is -0.436. The van der Waals surface area contributed by atoms with Crippen molar-refractivity contribution in [3.63, 3.8) is 0 Å². The molecule has 0 saturated heterocycles. The summed E-state index contributed by atoms with van der Waals surface area (Å²) in [6.45, 7) is 2.02. The maximum atomic E-state index is 13.8. The SMILES string of the molecule is CCc1oc2ccccc2c1C(N)c1cccc(F)c1Br. The van der Waals surface area contributed by atoms with E-state index in [9.17, 15) is 4.39 Å². The summed E-state index contributed by atoms with van der Waals surface area (Å²) in [5.74, 6) is 0.536. The van der Waals surface area contributed by atoms with Crippen molar-refractivity contribution in [2.75, 3.05) is 0 Å². The first-order valence-corrected chi connectivity index (χ1v) is 7.62. The maximum absolute atomic E-state index is 13.8. The van der Waals surface area contributed by atoms with E-state index in [1.807, 2.05) is 37.3 Å². The van der Waals surface area contributed by atoms with Gasteiger partial charge in [-0.3, -0.25) is 0 Å². The largest absolute Gasteiger partial charge is 0.461 e. The molecule has 0 amide bonds. The Morgan fingerprint density at radius 1 is 1.19 bits per heavy atom. The van der Waals surface area contributed by atoms with Gasteiger partial charge in [-0.15, -0.1) is 0 Å². The van der Waals surface area contributed by atoms with Crippen LogP contribution in [0.3, 0.4) is 0 Å². The summed E-state index contributed by atoms with van der Waals surface area (Å²) >= 11 is 3.29. The van der Waals surface area contributed by atoms with Crippen LogP contribution in [0.1, 0.15) is 29.9 Å². The van der Waals surface area contributed by atoms with Crippen molar-refractivity contribution >= 4 is 26.9 Å². The molecule has 108 valence electrons. The summed E-state index contributed by atoms with van der Waals surface area (Å²) in [4.78, 5) is 0. The number of aryl methyl sites for hydroxylation is 1. The molecule has 1 atom stereocenters. The molecule has 4 heteroatoms. The lowest BCUT2D eigenvalue weighted by atomic mass is 9.96. The predicted molar refractivity (Wildman–Crippen MR) is 85.7 cm³/mol. The second-order valence-corrected chi connectivity index (χ2v) is 5.70. The van der Waals surface area contributed by atoms with Gasteiger partial charge in [0, 0.05) is 17.4 Å². The van der Waals surface area contributed by atoms with E-state index in [0.29, 0.717) is 4.47 Å². The average Bonchev–Trinajstić information content (AvgIpc) is 2.88. The normalized spacial score (nSPS) is 12.8. The van der Waals surface area contributed by atoms with Gasteiger partial charge in [0.05, 0.1) is 10.5 Å². The molecule has 0 fully saturated rings. The van der Waals surface area contributed by atoms with Crippen molar-refractivity contribution < 1.29 is 8.81 Å². The van der Waals surface area contributed by atoms with Crippen LogP contribution in [-0.4, -0.2) is 0 Å². The topological polar surface area (TPSA) is 39.2 Å². The number of hydrogen-bond acceptors (Lipinski definition) is 2. The number of rotatable bonds is 3. The summed E-state index contributed by atoms with van der Waals surface area (Å²) in [6.07, 6.45) is 0.741. The van der Waals surface area contributed by atoms with Crippen LogP contribution in [0.4, 0.5) is 4.39 Å². The maximum Gasteiger partial charge on any atom is 0.137 e. The van der Waals surface area contributed by atoms with Crippen LogP contribution in [0.5, 0.6) is 0 Å². The first kappa shape index (κ1) is 14.3. The molecule has 2 nitrogen and oxygen atoms in total. The predicted octanol–water partition coefficient (Wildman–Crippen LogP) is 4.94. The van der Waals surface area contributed by atoms with Crippen molar-refractivity contribution in [1.82, 2.24) is 0 Å². The molecule has 0 aliphatic carbocycles. The first-order valence-electron chi connectivity index (χ1n) is 6.83. The summed E-state index contributed by atoms with van der Waals surface area (Å²) < 4.78 is 20.0. The fourth-order valence-corrected chi connectivity index (χ4v) is 3.15. The molecule has 3 rings (SSSR count). The zero-order chi connectivity index (χ0) is 15.0. The van der Waals surface area contributed by atoms with Gasteiger partial charge < -0.3 is 10.2 Å². The summed E-state index contributed by atoms with van der Waals surface area (Å²) in [5.41, 5.74) is 8.88. The smallest absolute Gasteiger partial charge is 0.137 e. The lowest BCUT2D eigenvalue weighted by Crippen LogP contribution is -2.14. The highest BCUT2D eigenvalue weighted by atomic mass is 79.9. The number of furan rings is 1. The standard InChI is InChI=1S/C17H15BrFNO/c1-2-13-15(10-6-3-4-9-14(10)21-13)17(20)11-7-5-8-12(19)16(11)18/h3-9,17H,2,20H2,1H3. The Hall–Kier alpha value is -1.65. The Balaban J connectivity index is 2.21. The monoisotopic (exact) mass is 347 g/mol. The number of fused-ring (bicyclic) bond motifs is 1. The van der Waals surface area contributed by atoms with Crippen molar-refractivity contribution in [2.45, 2.75) is 19.4 Å². The van der Waals surface area contributed by atoms with Crippen molar-refractivity contribution in [2.24, 2.45) is 5.73 Å². The zero-order valence-corrected chi connectivity index (χ0v) is 13.2. The molecule has 0 aliphatic heterocycles. The summed E-state index contributed by atoms with van der Waals surface area (Å²) in [7, 11) is 0. The van der Waals surface area contributed by atoms with Gasteiger partial charge in [-0.05, 0) is 33.6 Å². The molecule has 1 aromatic heterocycles. The molecule has 3 aromatic rings. The van der Waals surface area contributed by atoms with Crippen molar-refractivity contribution in [1.29, 1.82) is 0 Å². The second kappa shape index (κ2) is 5.62. The minimum absolute atomic E-state index is 0.311. The third-order valence-electron chi connectivity index (χ3n) is 3.66. The molecule has 2 N–H and O–H groups in total. The van der Waals surface area contributed by atoms with Crippen LogP contribution < -0.4 is 5.73 Å². The lowest BCUT2D eigenvalue weighted by Gasteiger charge is -2.15. The van der Waals surface area contributed by atoms with Crippen LogP contribution >= 0.6 is 15.9 Å². The van der Waals surface area contributed by atoms with Crippen LogP contribution in [0.15, 0.2) is 51.4 Å². The third kappa shape index (κ3) is 2.39. The van der Waals surface area contributed by atoms with Crippen LogP contribution in [0, 0.1) is 5.82 Å². The minimum Gasteiger partial charge on any atom is -0.461 e. The molecular formula is C17H15BrFNO. The van der Waals surface area contributed by atoms with E-state index < -0.39 is 6.04 Å². The first-order chi connectivity index (χ1) is 10.1. The number of para-hydroxylation sites is 1. The molecule has 2 aromatic carbocycles. The number of benzene rings is 2. The zero-order valence-electron chi connectivity index (χ0n) is 11.6. The van der Waals surface area contributed by atoms with Gasteiger partial charge in [-0.25, -0.2) is 4.39 Å². The fourth-order valence-electron chi connectivity index (χ4n) is 2.64. The molecule has 1 unspecified atom stereocenters. The van der Waals surface area contributed by atoms with E-state index in [1.54, 1.807) is 6.07 Å². The molecule has 21 heavy (non-hydrogen) atoms. The van der Waals surface area contributed by atoms with E-state index in [4.69, 9.17) is 10.2 Å². The van der Waals surface area contributed by atoms with Gasteiger partial charge in [-0.1, -0.05) is 37.3 Å². The molecule has 0 radical (unpaired) electrons. The molecule has 0 spiro atoms. The highest BCUT2D eigenvalue weighted by molar-refractivity contribution is 9.10. The summed E-state index contributed by atoms with van der Waals surface area (Å²) in [5, 5.41) is 0.984. The second-order valence-electron chi connectivity index (χ2n) is 4.91. The van der Waals surface area contributed by atoms with E-state index in [1.165, 1.54) is 6.07 Å². The lowest BCUT2D eigenvalue weighted by molar-refractivity contribution is 0.546. The van der Waals surface area contributed by atoms with Crippen LogP contribution in [0.2, 0.25) is 0 Å². The van der Waals surface area contributed by atoms with Gasteiger partial charge in [0.1, 0.15) is 17.2 Å². The third-order valence-corrected chi connectivity index (χ3v) is 4.50. The Morgan fingerprint density at radius 3 is 2.71 bits per heavy atom. The average molecular weight is 348 g/mol. The Labute approximate surface area is 130 Å². The van der Waals surface area contributed by atoms with Gasteiger partial charge in [-0.2, -0.15) is 0 Å². The molecular weight excluding hydrogens is 333 g/mol. The quantitative estimate of drug-likeness (QED) is 0.728. The summed E-state index contributed by atoms with van der Waals surface area (Å²) in [6, 6.07) is 12.3. The van der Waals surface area contributed by atoms with Crippen LogP contribution in [0.25, 0.3) is 11.0 Å². The van der Waals surface area contributed by atoms with Gasteiger partial charge in [0.25, 0.3) is 0 Å². The molecule has 0 saturated carbocycles. The van der Waals surface area contributed by atoms with Gasteiger partial charge >= 0.3 is 0 Å². The van der Waals surface area contributed by atoms with Crippen LogP contribution in [-0.2, 0) is 6.42 Å². The van der Waals surface area contributed by atoms with E-state index in [0.717, 1.165) is 34.3 Å². The Bertz CT molecular complexity index is 797. The van der Waals surface area contributed by atoms with Crippen molar-refractivity contribution in [3.05, 3.63) is 69.6 Å². The highest BCUT2D eigenvalue weighted by Crippen LogP contribution is 2.36. The van der Waals surface area contributed by atoms with Gasteiger partial charge in [0.2, 0.25) is 0 Å². The molecule has 1 heterocycles. The van der Waals surface area contributed by atoms with Gasteiger partial charge in [0.15, 0.2) is 0 Å². The van der Waals surface area contributed by atoms with E-state index in [2.05, 4.69) is 15.9 Å². The Kier molecular flexibility index (Phi) is 3.83. The van der Waals surface area contributed by atoms with Crippen molar-refractivity contribution in [3.8, 4) is 0 Å². The fraction of sp³-hybridized carbons (Fsp3) is 0.176.